The monoisotopic (exact) mass is 380 g/mol. The maximum absolute atomic E-state index is 13.5. The number of nitrogens with zero attached hydrogens (tertiary/aromatic N) is 4. The highest BCUT2D eigenvalue weighted by Gasteiger charge is 2.31. The minimum Gasteiger partial charge on any atom is -0.308 e. The molecule has 0 radical (unpaired) electrons. The molecule has 6 heteroatoms. The minimum atomic E-state index is -0.0553. The Morgan fingerprint density at radius 3 is 2.81 bits per heavy atom. The Morgan fingerprint density at radius 2 is 2.07 bits per heavy atom. The fourth-order valence-electron chi connectivity index (χ4n) is 3.67. The molecule has 1 unspecified atom stereocenters. The zero-order valence-corrected chi connectivity index (χ0v) is 15.9. The van der Waals surface area contributed by atoms with E-state index in [9.17, 15) is 4.79 Å². The van der Waals surface area contributed by atoms with E-state index in [0.29, 0.717) is 11.6 Å². The van der Waals surface area contributed by atoms with Gasteiger partial charge in [0.15, 0.2) is 0 Å². The number of benzene rings is 1. The topological polar surface area (TPSA) is 51.0 Å². The fraction of sp³-hybridized carbons (Fsp3) is 0.286. The zero-order chi connectivity index (χ0) is 18.8. The molecule has 0 fully saturated rings. The van der Waals surface area contributed by atoms with E-state index in [4.69, 9.17) is 11.6 Å². The van der Waals surface area contributed by atoms with Crippen LogP contribution < -0.4 is 4.90 Å². The van der Waals surface area contributed by atoms with Gasteiger partial charge in [0.25, 0.3) is 0 Å². The molecule has 1 aliphatic rings. The summed E-state index contributed by atoms with van der Waals surface area (Å²) in [5.41, 5.74) is 4.27. The third-order valence-electron chi connectivity index (χ3n) is 5.17. The largest absolute Gasteiger partial charge is 0.308 e. The number of aryl methyl sites for hydroxylation is 2. The molecule has 3 aromatic rings. The molecule has 27 heavy (non-hydrogen) atoms. The van der Waals surface area contributed by atoms with Gasteiger partial charge in [0.05, 0.1) is 12.7 Å². The summed E-state index contributed by atoms with van der Waals surface area (Å²) in [4.78, 5) is 19.5. The number of anilines is 1. The van der Waals surface area contributed by atoms with Crippen LogP contribution in [0.2, 0.25) is 5.02 Å². The maximum atomic E-state index is 13.5. The van der Waals surface area contributed by atoms with Crippen molar-refractivity contribution in [3.63, 3.8) is 0 Å². The molecule has 4 rings (SSSR count). The number of pyridine rings is 1. The second kappa shape index (κ2) is 7.53. The smallest absolute Gasteiger partial charge is 0.230 e. The first-order chi connectivity index (χ1) is 13.1. The van der Waals surface area contributed by atoms with Gasteiger partial charge in [-0.3, -0.25) is 14.5 Å². The van der Waals surface area contributed by atoms with Gasteiger partial charge in [0.1, 0.15) is 0 Å². The molecule has 0 spiro atoms. The molecule has 1 amide bonds. The van der Waals surface area contributed by atoms with Crippen LogP contribution in [0.1, 0.15) is 23.2 Å². The normalized spacial score (nSPS) is 16.0. The molecule has 138 valence electrons. The summed E-state index contributed by atoms with van der Waals surface area (Å²) in [5.74, 6) is 0.0771. The van der Waals surface area contributed by atoms with Gasteiger partial charge >= 0.3 is 0 Å². The van der Waals surface area contributed by atoms with E-state index in [1.54, 1.807) is 12.4 Å². The minimum absolute atomic E-state index is 0.0553. The summed E-state index contributed by atoms with van der Waals surface area (Å²) in [6.45, 7) is 0.489. The van der Waals surface area contributed by atoms with Crippen molar-refractivity contribution in [2.24, 2.45) is 13.0 Å². The molecule has 0 aliphatic heterocycles. The van der Waals surface area contributed by atoms with Crippen molar-refractivity contribution >= 4 is 23.2 Å². The van der Waals surface area contributed by atoms with Crippen molar-refractivity contribution in [1.82, 2.24) is 14.8 Å². The van der Waals surface area contributed by atoms with Crippen LogP contribution in [0, 0.1) is 5.92 Å². The summed E-state index contributed by atoms with van der Waals surface area (Å²) in [6.07, 6.45) is 7.92. The summed E-state index contributed by atoms with van der Waals surface area (Å²) in [7, 11) is 1.94. The maximum Gasteiger partial charge on any atom is 0.230 e. The summed E-state index contributed by atoms with van der Waals surface area (Å²) in [5, 5.41) is 5.00. The lowest BCUT2D eigenvalue weighted by atomic mass is 9.86. The highest BCUT2D eigenvalue weighted by Crippen LogP contribution is 2.29. The molecular formula is C21H21ClN4O. The van der Waals surface area contributed by atoms with Crippen LogP contribution in [0.4, 0.5) is 5.69 Å². The van der Waals surface area contributed by atoms with E-state index in [-0.39, 0.29) is 11.8 Å². The van der Waals surface area contributed by atoms with Gasteiger partial charge < -0.3 is 4.90 Å². The lowest BCUT2D eigenvalue weighted by Gasteiger charge is -2.30. The predicted molar refractivity (Wildman–Crippen MR) is 106 cm³/mol. The number of carbonyl (C=O) groups is 1. The van der Waals surface area contributed by atoms with Gasteiger partial charge in [0, 0.05) is 48.2 Å². The first-order valence-electron chi connectivity index (χ1n) is 9.07. The Bertz CT molecular complexity index is 937. The van der Waals surface area contributed by atoms with Crippen molar-refractivity contribution in [1.29, 1.82) is 0 Å². The molecule has 0 saturated carbocycles. The van der Waals surface area contributed by atoms with Crippen LogP contribution in [-0.2, 0) is 31.2 Å². The molecule has 2 aromatic heterocycles. The number of fused-ring (bicyclic) bond motifs is 1. The number of carbonyl (C=O) groups excluding carboxylic acids is 1. The second-order valence-electron chi connectivity index (χ2n) is 6.94. The van der Waals surface area contributed by atoms with Crippen LogP contribution in [0.15, 0.2) is 55.0 Å². The van der Waals surface area contributed by atoms with E-state index in [2.05, 4.69) is 10.1 Å². The van der Waals surface area contributed by atoms with E-state index >= 15 is 0 Å². The van der Waals surface area contributed by atoms with E-state index in [1.807, 2.05) is 59.2 Å². The van der Waals surface area contributed by atoms with Gasteiger partial charge in [-0.1, -0.05) is 17.7 Å². The first kappa shape index (κ1) is 17.7. The lowest BCUT2D eigenvalue weighted by Crippen LogP contribution is -2.38. The van der Waals surface area contributed by atoms with E-state index in [1.165, 1.54) is 5.56 Å². The van der Waals surface area contributed by atoms with Gasteiger partial charge in [-0.25, -0.2) is 0 Å². The lowest BCUT2D eigenvalue weighted by molar-refractivity contribution is -0.122. The molecule has 1 atom stereocenters. The summed E-state index contributed by atoms with van der Waals surface area (Å²) >= 11 is 6.04. The highest BCUT2D eigenvalue weighted by molar-refractivity contribution is 6.30. The van der Waals surface area contributed by atoms with Gasteiger partial charge in [-0.2, -0.15) is 5.10 Å². The summed E-state index contributed by atoms with van der Waals surface area (Å²) in [6, 6.07) is 11.3. The molecule has 1 aromatic carbocycles. The van der Waals surface area contributed by atoms with Crippen LogP contribution >= 0.6 is 11.6 Å². The van der Waals surface area contributed by atoms with Crippen molar-refractivity contribution in [3.8, 4) is 0 Å². The molecule has 2 heterocycles. The Kier molecular flexibility index (Phi) is 4.94. The Balaban J connectivity index is 1.62. The van der Waals surface area contributed by atoms with Crippen LogP contribution in [0.25, 0.3) is 0 Å². The number of hydrogen-bond acceptors (Lipinski definition) is 3. The third-order valence-corrected chi connectivity index (χ3v) is 5.42. The van der Waals surface area contributed by atoms with E-state index in [0.717, 1.165) is 36.2 Å². The number of halogens is 1. The van der Waals surface area contributed by atoms with Crippen LogP contribution in [0.5, 0.6) is 0 Å². The highest BCUT2D eigenvalue weighted by atomic mass is 35.5. The average molecular weight is 381 g/mol. The Labute approximate surface area is 163 Å². The summed E-state index contributed by atoms with van der Waals surface area (Å²) < 4.78 is 1.89. The predicted octanol–water partition coefficient (Wildman–Crippen LogP) is 3.81. The van der Waals surface area contributed by atoms with Crippen molar-refractivity contribution < 1.29 is 4.79 Å². The van der Waals surface area contributed by atoms with Crippen LogP contribution in [-0.4, -0.2) is 20.7 Å². The number of aromatic nitrogens is 3. The Hall–Kier alpha value is -2.66. The molecular weight excluding hydrogens is 360 g/mol. The van der Waals surface area contributed by atoms with Crippen LogP contribution in [0.3, 0.4) is 0 Å². The SMILES string of the molecule is Cn1ncc2c1CC(C(=O)N(Cc1cccnc1)c1ccc(Cl)cc1)CC2. The third kappa shape index (κ3) is 3.74. The van der Waals surface area contributed by atoms with Gasteiger partial charge in [0.2, 0.25) is 5.91 Å². The average Bonchev–Trinajstić information content (AvgIpc) is 3.07. The first-order valence-corrected chi connectivity index (χ1v) is 9.45. The van der Waals surface area contributed by atoms with E-state index < -0.39 is 0 Å². The molecule has 0 N–H and O–H groups in total. The van der Waals surface area contributed by atoms with Crippen molar-refractivity contribution in [2.45, 2.75) is 25.8 Å². The molecule has 1 aliphatic carbocycles. The zero-order valence-electron chi connectivity index (χ0n) is 15.2. The number of amides is 1. The van der Waals surface area contributed by atoms with Gasteiger partial charge in [-0.15, -0.1) is 0 Å². The molecule has 0 saturated heterocycles. The van der Waals surface area contributed by atoms with Crippen molar-refractivity contribution in [2.75, 3.05) is 4.90 Å². The molecule has 5 nitrogen and oxygen atoms in total. The second-order valence-corrected chi connectivity index (χ2v) is 7.38. The standard InChI is InChI=1S/C21H21ClN4O/c1-25-20-11-16(4-5-17(20)13-24-25)21(27)26(14-15-3-2-10-23-12-15)19-8-6-18(22)7-9-19/h2-3,6-10,12-13,16H,4-5,11,14H2,1H3. The molecule has 0 bridgehead atoms. The Morgan fingerprint density at radius 1 is 1.26 bits per heavy atom. The fourth-order valence-corrected chi connectivity index (χ4v) is 3.79. The van der Waals surface area contributed by atoms with Gasteiger partial charge in [-0.05, 0) is 54.3 Å². The number of hydrogen-bond donors (Lipinski definition) is 0. The number of rotatable bonds is 4. The van der Waals surface area contributed by atoms with Crippen molar-refractivity contribution in [3.05, 3.63) is 76.8 Å². The quantitative estimate of drug-likeness (QED) is 0.691.